The van der Waals surface area contributed by atoms with E-state index in [4.69, 9.17) is 9.84 Å². The first-order valence-corrected chi connectivity index (χ1v) is 5.98. The van der Waals surface area contributed by atoms with E-state index in [9.17, 15) is 24.9 Å². The van der Waals surface area contributed by atoms with Gasteiger partial charge in [-0.25, -0.2) is 0 Å². The Morgan fingerprint density at radius 3 is 2.10 bits per heavy atom. The summed E-state index contributed by atoms with van der Waals surface area (Å²) in [4.78, 5) is 23.6. The molecular weight excluding hydrogens is 272 g/mol. The highest BCUT2D eigenvalue weighted by molar-refractivity contribution is 6.04. The molecule has 0 saturated carbocycles. The summed E-state index contributed by atoms with van der Waals surface area (Å²) in [5, 5.41) is 42.8. The van der Waals surface area contributed by atoms with Crippen LogP contribution in [0.15, 0.2) is 12.4 Å². The van der Waals surface area contributed by atoms with Gasteiger partial charge in [-0.05, 0) is 0 Å². The van der Waals surface area contributed by atoms with Crippen molar-refractivity contribution in [3.8, 4) is 0 Å². The minimum absolute atomic E-state index is 0.000778. The minimum Gasteiger partial charge on any atom is -0.394 e. The molecule has 112 valence electrons. The van der Waals surface area contributed by atoms with Crippen LogP contribution < -0.4 is 10.6 Å². The number of aliphatic hydroxyl groups is 4. The van der Waals surface area contributed by atoms with Gasteiger partial charge in [0.1, 0.15) is 42.3 Å². The molecule has 0 unspecified atom stereocenters. The fourth-order valence-electron chi connectivity index (χ4n) is 2.31. The van der Waals surface area contributed by atoms with E-state index < -0.39 is 54.9 Å². The molecule has 2 fully saturated rings. The molecule has 5 atom stereocenters. The second kappa shape index (κ2) is 5.46. The third-order valence-corrected chi connectivity index (χ3v) is 3.37. The van der Waals surface area contributed by atoms with Gasteiger partial charge >= 0.3 is 0 Å². The molecule has 0 aromatic carbocycles. The molecule has 2 aliphatic heterocycles. The molecule has 2 aliphatic rings. The Hall–Kier alpha value is -1.52. The molecule has 0 spiro atoms. The lowest BCUT2D eigenvalue weighted by Crippen LogP contribution is -2.65. The van der Waals surface area contributed by atoms with Gasteiger partial charge in [-0.2, -0.15) is 0 Å². The number of hydrogen-bond acceptors (Lipinski definition) is 7. The summed E-state index contributed by atoms with van der Waals surface area (Å²) in [6, 6.07) is 0. The summed E-state index contributed by atoms with van der Waals surface area (Å²) in [5.74, 6) is -2.92. The number of carbonyl (C=O) groups is 2. The molecule has 0 bridgehead atoms. The highest BCUT2D eigenvalue weighted by Crippen LogP contribution is 2.27. The Labute approximate surface area is 113 Å². The van der Waals surface area contributed by atoms with Crippen molar-refractivity contribution >= 4 is 11.8 Å². The van der Waals surface area contributed by atoms with E-state index in [2.05, 4.69) is 17.2 Å². The van der Waals surface area contributed by atoms with E-state index in [1.807, 2.05) is 0 Å². The van der Waals surface area contributed by atoms with E-state index in [1.165, 1.54) is 0 Å². The third-order valence-electron chi connectivity index (χ3n) is 3.37. The molecular formula is C11H16N2O7. The zero-order valence-electron chi connectivity index (χ0n) is 10.4. The number of rotatable bonds is 2. The average molecular weight is 288 g/mol. The molecule has 2 amide bonds. The standard InChI is InChI=1S/C11H16N2O7/c1-3-12-10(18)5(11(19)13-3)9-8(17)7(16)6(15)4(2-14)20-9/h4-9,14-17H,1-2H2,(H,12,18)(H,13,19)/t4-,6-,7+,8+,9-/m1/s1. The predicted molar refractivity (Wildman–Crippen MR) is 62.7 cm³/mol. The Morgan fingerprint density at radius 2 is 1.60 bits per heavy atom. The smallest absolute Gasteiger partial charge is 0.240 e. The van der Waals surface area contributed by atoms with Crippen molar-refractivity contribution in [2.45, 2.75) is 30.5 Å². The highest BCUT2D eigenvalue weighted by atomic mass is 16.5. The first-order chi connectivity index (χ1) is 9.36. The molecule has 0 aliphatic carbocycles. The van der Waals surface area contributed by atoms with Gasteiger partial charge in [-0.1, -0.05) is 6.58 Å². The summed E-state index contributed by atoms with van der Waals surface area (Å²) in [6.07, 6.45) is -7.41. The SMILES string of the molecule is C=C1NC(=O)C([C@H]2O[C@H](CO)[C@@H](O)[C@H](O)[C@@H]2O)C(=O)N1. The van der Waals surface area contributed by atoms with Gasteiger partial charge in [0, 0.05) is 0 Å². The van der Waals surface area contributed by atoms with Crippen molar-refractivity contribution in [2.24, 2.45) is 5.92 Å². The van der Waals surface area contributed by atoms with Crippen LogP contribution in [0.25, 0.3) is 0 Å². The van der Waals surface area contributed by atoms with E-state index in [0.29, 0.717) is 0 Å². The first kappa shape index (κ1) is 14.9. The second-order valence-electron chi connectivity index (χ2n) is 4.73. The fourth-order valence-corrected chi connectivity index (χ4v) is 2.31. The molecule has 0 aromatic rings. The van der Waals surface area contributed by atoms with Gasteiger partial charge in [-0.3, -0.25) is 9.59 Å². The second-order valence-corrected chi connectivity index (χ2v) is 4.73. The molecule has 20 heavy (non-hydrogen) atoms. The number of hydrogen-bond donors (Lipinski definition) is 6. The lowest BCUT2D eigenvalue weighted by Gasteiger charge is -2.43. The third kappa shape index (κ3) is 2.41. The average Bonchev–Trinajstić information content (AvgIpc) is 2.37. The number of nitrogens with one attached hydrogen (secondary N) is 2. The van der Waals surface area contributed by atoms with Gasteiger partial charge in [0.15, 0.2) is 0 Å². The normalized spacial score (nSPS) is 39.4. The number of amides is 2. The number of aliphatic hydroxyl groups excluding tert-OH is 4. The maximum absolute atomic E-state index is 11.8. The zero-order chi connectivity index (χ0) is 15.0. The Kier molecular flexibility index (Phi) is 4.06. The van der Waals surface area contributed by atoms with Gasteiger partial charge < -0.3 is 35.8 Å². The van der Waals surface area contributed by atoms with Crippen LogP contribution in [0.2, 0.25) is 0 Å². The summed E-state index contributed by atoms with van der Waals surface area (Å²) < 4.78 is 5.18. The van der Waals surface area contributed by atoms with Gasteiger partial charge in [0.25, 0.3) is 0 Å². The zero-order valence-corrected chi connectivity index (χ0v) is 10.4. The Morgan fingerprint density at radius 1 is 1.05 bits per heavy atom. The molecule has 9 nitrogen and oxygen atoms in total. The summed E-state index contributed by atoms with van der Waals surface area (Å²) >= 11 is 0. The molecule has 2 heterocycles. The summed E-state index contributed by atoms with van der Waals surface area (Å²) in [6.45, 7) is 2.74. The molecule has 2 saturated heterocycles. The van der Waals surface area contributed by atoms with Crippen molar-refractivity contribution < 1.29 is 34.8 Å². The van der Waals surface area contributed by atoms with Crippen LogP contribution in [0.3, 0.4) is 0 Å². The van der Waals surface area contributed by atoms with Crippen molar-refractivity contribution in [1.29, 1.82) is 0 Å². The van der Waals surface area contributed by atoms with Crippen molar-refractivity contribution in [3.63, 3.8) is 0 Å². The topological polar surface area (TPSA) is 148 Å². The van der Waals surface area contributed by atoms with Gasteiger partial charge in [0.2, 0.25) is 11.8 Å². The van der Waals surface area contributed by atoms with E-state index >= 15 is 0 Å². The van der Waals surface area contributed by atoms with Crippen LogP contribution in [-0.4, -0.2) is 69.4 Å². The van der Waals surface area contributed by atoms with E-state index in [0.717, 1.165) is 0 Å². The Bertz CT molecular complexity index is 418. The van der Waals surface area contributed by atoms with Crippen molar-refractivity contribution in [1.82, 2.24) is 10.6 Å². The van der Waals surface area contributed by atoms with Crippen LogP contribution in [0.1, 0.15) is 0 Å². The highest BCUT2D eigenvalue weighted by Gasteiger charge is 2.51. The van der Waals surface area contributed by atoms with Crippen LogP contribution in [-0.2, 0) is 14.3 Å². The molecule has 0 aromatic heterocycles. The van der Waals surface area contributed by atoms with Crippen LogP contribution in [0, 0.1) is 5.92 Å². The molecule has 6 N–H and O–H groups in total. The number of ether oxygens (including phenoxy) is 1. The van der Waals surface area contributed by atoms with Gasteiger partial charge in [-0.15, -0.1) is 0 Å². The monoisotopic (exact) mass is 288 g/mol. The quantitative estimate of drug-likeness (QED) is 0.285. The first-order valence-electron chi connectivity index (χ1n) is 5.98. The van der Waals surface area contributed by atoms with Crippen LogP contribution in [0.5, 0.6) is 0 Å². The lowest BCUT2D eigenvalue weighted by atomic mass is 9.86. The van der Waals surface area contributed by atoms with E-state index in [1.54, 1.807) is 0 Å². The maximum atomic E-state index is 11.8. The van der Waals surface area contributed by atoms with Crippen molar-refractivity contribution in [2.75, 3.05) is 6.61 Å². The predicted octanol–water partition coefficient (Wildman–Crippen LogP) is -3.84. The summed E-state index contributed by atoms with van der Waals surface area (Å²) in [5.41, 5.74) is 0. The van der Waals surface area contributed by atoms with Crippen LogP contribution >= 0.6 is 0 Å². The largest absolute Gasteiger partial charge is 0.394 e. The fraction of sp³-hybridized carbons (Fsp3) is 0.636. The maximum Gasteiger partial charge on any atom is 0.240 e. The number of carbonyl (C=O) groups excluding carboxylic acids is 2. The molecule has 0 radical (unpaired) electrons. The summed E-state index contributed by atoms with van der Waals surface area (Å²) in [7, 11) is 0. The van der Waals surface area contributed by atoms with E-state index in [-0.39, 0.29) is 5.82 Å². The Balaban J connectivity index is 2.24. The van der Waals surface area contributed by atoms with Gasteiger partial charge in [0.05, 0.1) is 6.61 Å². The lowest BCUT2D eigenvalue weighted by molar-refractivity contribution is -0.239. The minimum atomic E-state index is -1.65. The van der Waals surface area contributed by atoms with Crippen LogP contribution in [0.4, 0.5) is 0 Å². The molecule has 2 rings (SSSR count). The molecule has 9 heteroatoms. The van der Waals surface area contributed by atoms with Crippen molar-refractivity contribution in [3.05, 3.63) is 12.4 Å².